The van der Waals surface area contributed by atoms with E-state index in [1.165, 1.54) is 43.5 Å². The van der Waals surface area contributed by atoms with Gasteiger partial charge in [0.05, 0.1) is 16.9 Å². The molecule has 0 bridgehead atoms. The van der Waals surface area contributed by atoms with Crippen LogP contribution in [0, 0.1) is 6.92 Å². The second-order valence-corrected chi connectivity index (χ2v) is 11.5. The van der Waals surface area contributed by atoms with Crippen LogP contribution in [0.1, 0.15) is 5.56 Å². The Balaban J connectivity index is 1.97. The summed E-state index contributed by atoms with van der Waals surface area (Å²) in [5, 5.41) is 0. The van der Waals surface area contributed by atoms with E-state index in [1.54, 1.807) is 13.0 Å². The maximum Gasteiger partial charge on any atom is 0.298 e. The fourth-order valence-corrected chi connectivity index (χ4v) is 5.62. The van der Waals surface area contributed by atoms with Gasteiger partial charge in [0, 0.05) is 0 Å². The van der Waals surface area contributed by atoms with Gasteiger partial charge >= 0.3 is 0 Å². The largest absolute Gasteiger partial charge is 0.495 e. The van der Waals surface area contributed by atoms with Gasteiger partial charge in [-0.3, -0.25) is 9.11 Å². The molecular weight excluding hydrogens is 496 g/mol. The van der Waals surface area contributed by atoms with Gasteiger partial charge in [-0.05, 0) is 67.1 Å². The Labute approximate surface area is 190 Å². The summed E-state index contributed by atoms with van der Waals surface area (Å²) >= 11 is 0. The highest BCUT2D eigenvalue weighted by Gasteiger charge is 2.24. The molecule has 33 heavy (non-hydrogen) atoms. The SMILES string of the molecule is COc1ccc(S(=O)(=O)c2ccc(Oc3ccc(C)cc3S(=O)(=O)O)cc2)cc1S(=O)(=O)O. The number of sulfone groups is 1. The Morgan fingerprint density at radius 2 is 1.18 bits per heavy atom. The molecule has 0 radical (unpaired) electrons. The van der Waals surface area contributed by atoms with Crippen molar-refractivity contribution in [1.82, 2.24) is 0 Å². The van der Waals surface area contributed by atoms with E-state index >= 15 is 0 Å². The Kier molecular flexibility index (Phi) is 6.55. The van der Waals surface area contributed by atoms with Gasteiger partial charge < -0.3 is 9.47 Å². The van der Waals surface area contributed by atoms with E-state index < -0.39 is 44.8 Å². The zero-order valence-electron chi connectivity index (χ0n) is 17.2. The molecule has 3 aromatic rings. The van der Waals surface area contributed by atoms with Crippen LogP contribution in [0.4, 0.5) is 0 Å². The molecule has 0 atom stereocenters. The van der Waals surface area contributed by atoms with E-state index in [0.717, 1.165) is 18.2 Å². The zero-order chi connectivity index (χ0) is 24.6. The molecule has 3 aromatic carbocycles. The van der Waals surface area contributed by atoms with Crippen molar-refractivity contribution in [3.05, 3.63) is 66.2 Å². The van der Waals surface area contributed by atoms with Gasteiger partial charge in [-0.2, -0.15) is 16.8 Å². The first-order chi connectivity index (χ1) is 15.2. The average Bonchev–Trinajstić information content (AvgIpc) is 2.73. The second-order valence-electron chi connectivity index (χ2n) is 6.79. The van der Waals surface area contributed by atoms with Gasteiger partial charge in [-0.15, -0.1) is 0 Å². The fraction of sp³-hybridized carbons (Fsp3) is 0.100. The van der Waals surface area contributed by atoms with Gasteiger partial charge in [0.15, 0.2) is 0 Å². The number of aryl methyl sites for hydroxylation is 1. The minimum atomic E-state index is -4.75. The predicted octanol–water partition coefficient (Wildman–Crippen LogP) is 3.12. The molecule has 10 nitrogen and oxygen atoms in total. The highest BCUT2D eigenvalue weighted by Crippen LogP contribution is 2.32. The third-order valence-corrected chi connectivity index (χ3v) is 7.98. The quantitative estimate of drug-likeness (QED) is 0.448. The summed E-state index contributed by atoms with van der Waals surface area (Å²) in [6.07, 6.45) is 0. The molecule has 13 heteroatoms. The van der Waals surface area contributed by atoms with E-state index in [2.05, 4.69) is 0 Å². The Morgan fingerprint density at radius 1 is 0.667 bits per heavy atom. The molecule has 0 saturated heterocycles. The van der Waals surface area contributed by atoms with Crippen molar-refractivity contribution in [2.24, 2.45) is 0 Å². The molecule has 0 aliphatic rings. The third-order valence-electron chi connectivity index (χ3n) is 4.46. The Bertz CT molecular complexity index is 1520. The zero-order valence-corrected chi connectivity index (χ0v) is 19.6. The highest BCUT2D eigenvalue weighted by atomic mass is 32.2. The van der Waals surface area contributed by atoms with E-state index in [9.17, 15) is 34.4 Å². The number of ether oxygens (including phenoxy) is 2. The lowest BCUT2D eigenvalue weighted by Crippen LogP contribution is -2.06. The first-order valence-corrected chi connectivity index (χ1v) is 13.4. The van der Waals surface area contributed by atoms with Crippen LogP contribution >= 0.6 is 0 Å². The molecule has 0 heterocycles. The molecule has 2 N–H and O–H groups in total. The van der Waals surface area contributed by atoms with Crippen molar-refractivity contribution in [1.29, 1.82) is 0 Å². The highest BCUT2D eigenvalue weighted by molar-refractivity contribution is 7.91. The van der Waals surface area contributed by atoms with Crippen LogP contribution in [0.2, 0.25) is 0 Å². The van der Waals surface area contributed by atoms with Crippen molar-refractivity contribution in [3.63, 3.8) is 0 Å². The number of methoxy groups -OCH3 is 1. The summed E-state index contributed by atoms with van der Waals surface area (Å²) in [5.41, 5.74) is 0.570. The summed E-state index contributed by atoms with van der Waals surface area (Å²) < 4.78 is 101. The summed E-state index contributed by atoms with van der Waals surface area (Å²) in [6.45, 7) is 1.63. The summed E-state index contributed by atoms with van der Waals surface area (Å²) in [5.74, 6) is -0.310. The second kappa shape index (κ2) is 8.76. The van der Waals surface area contributed by atoms with Crippen molar-refractivity contribution in [2.75, 3.05) is 7.11 Å². The molecule has 0 saturated carbocycles. The minimum Gasteiger partial charge on any atom is -0.495 e. The molecule has 0 fully saturated rings. The number of hydrogen-bond acceptors (Lipinski definition) is 8. The summed E-state index contributed by atoms with van der Waals surface area (Å²) in [4.78, 5) is -1.78. The molecule has 0 unspecified atom stereocenters. The van der Waals surface area contributed by atoms with Crippen LogP contribution in [0.5, 0.6) is 17.2 Å². The van der Waals surface area contributed by atoms with E-state index in [4.69, 9.17) is 9.47 Å². The van der Waals surface area contributed by atoms with E-state index in [-0.39, 0.29) is 22.1 Å². The fourth-order valence-electron chi connectivity index (χ4n) is 2.88. The molecule has 0 spiro atoms. The van der Waals surface area contributed by atoms with E-state index in [1.807, 2.05) is 0 Å². The molecule has 176 valence electrons. The third kappa shape index (κ3) is 5.34. The maximum absolute atomic E-state index is 12.9. The number of benzene rings is 3. The smallest absolute Gasteiger partial charge is 0.298 e. The lowest BCUT2D eigenvalue weighted by Gasteiger charge is -2.12. The van der Waals surface area contributed by atoms with Crippen molar-refractivity contribution < 1.29 is 43.8 Å². The number of rotatable bonds is 7. The molecular formula is C20H18O10S3. The average molecular weight is 515 g/mol. The first kappa shape index (κ1) is 24.7. The monoisotopic (exact) mass is 514 g/mol. The molecule has 0 aromatic heterocycles. The molecule has 0 amide bonds. The lowest BCUT2D eigenvalue weighted by molar-refractivity contribution is 0.397. The van der Waals surface area contributed by atoms with Crippen LogP contribution in [-0.4, -0.2) is 41.5 Å². The van der Waals surface area contributed by atoms with Crippen LogP contribution in [0.3, 0.4) is 0 Å². The summed E-state index contributed by atoms with van der Waals surface area (Å²) in [7, 11) is -12.3. The topological polar surface area (TPSA) is 161 Å². The normalized spacial score (nSPS) is 12.4. The lowest BCUT2D eigenvalue weighted by atomic mass is 10.2. The van der Waals surface area contributed by atoms with Gasteiger partial charge in [-0.25, -0.2) is 8.42 Å². The maximum atomic E-state index is 12.9. The minimum absolute atomic E-state index is 0.0797. The van der Waals surface area contributed by atoms with Crippen LogP contribution in [0.25, 0.3) is 0 Å². The van der Waals surface area contributed by atoms with Gasteiger partial charge in [0.2, 0.25) is 9.84 Å². The Morgan fingerprint density at radius 3 is 1.73 bits per heavy atom. The number of hydrogen-bond donors (Lipinski definition) is 2. The first-order valence-electron chi connectivity index (χ1n) is 9.00. The molecule has 0 aliphatic carbocycles. The van der Waals surface area contributed by atoms with Crippen molar-refractivity contribution >= 4 is 30.1 Å². The predicted molar refractivity (Wildman–Crippen MR) is 116 cm³/mol. The van der Waals surface area contributed by atoms with Crippen molar-refractivity contribution in [2.45, 2.75) is 26.5 Å². The van der Waals surface area contributed by atoms with Crippen LogP contribution in [-0.2, 0) is 30.1 Å². The van der Waals surface area contributed by atoms with Gasteiger partial charge in [-0.1, -0.05) is 6.07 Å². The van der Waals surface area contributed by atoms with Crippen LogP contribution < -0.4 is 9.47 Å². The molecule has 0 aliphatic heterocycles. The van der Waals surface area contributed by atoms with Crippen LogP contribution in [0.15, 0.2) is 80.2 Å². The van der Waals surface area contributed by atoms with Gasteiger partial charge in [0.25, 0.3) is 20.2 Å². The summed E-state index contributed by atoms with van der Waals surface area (Å²) in [6, 6.07) is 12.0. The Hall–Kier alpha value is -2.97. The van der Waals surface area contributed by atoms with Gasteiger partial charge in [0.1, 0.15) is 27.0 Å². The standard InChI is InChI=1S/C20H18O10S3/c1-13-3-9-18(19(11-13)32(23,24)25)30-14-4-6-15(7-5-14)31(21,22)16-8-10-17(29-2)20(12-16)33(26,27)28/h3-12H,1-2H3,(H,23,24,25)(H,26,27,28). The van der Waals surface area contributed by atoms with Crippen molar-refractivity contribution in [3.8, 4) is 17.2 Å². The molecule has 3 rings (SSSR count). The van der Waals surface area contributed by atoms with E-state index in [0.29, 0.717) is 5.56 Å².